The number of carbonyl (C=O) groups is 1. The largest absolute Gasteiger partial charge is 0.472 e. The smallest absolute Gasteiger partial charge is 0.393 e. The topological polar surface area (TPSA) is 226 Å². The van der Waals surface area contributed by atoms with Crippen LogP contribution in [-0.4, -0.2) is 108 Å². The molecule has 0 aliphatic heterocycles. The molecule has 14 heteroatoms. The maximum Gasteiger partial charge on any atom is 0.472 e. The quantitative estimate of drug-likeness (QED) is 0.0187. The zero-order valence-corrected chi connectivity index (χ0v) is 35.9. The molecule has 334 valence electrons. The molecule has 0 saturated heterocycles. The lowest BCUT2D eigenvalue weighted by Gasteiger charge is -2.41. The number of amides is 1. The Labute approximate surface area is 343 Å². The standard InChI is InChI=1S/C43H80NO12P/c1-3-5-7-9-11-13-14-15-16-17-18-19-20-21-23-25-27-29-31-36(46)35(44-37(47)32-34(45)30-28-26-24-22-12-10-8-6-4-2)33-55-57(53,54)56-43-41(51)39(49)38(48)40(50)42(43)52/h17-18,21,23,29,31,34-36,38-43,45-46,48-52H,3-16,19-20,22,24-28,30,32-33H2,1-2H3,(H,44,47)(H,53,54)/b18-17+,23-21+,31-29+. The van der Waals surface area contributed by atoms with Gasteiger partial charge >= 0.3 is 7.82 Å². The lowest BCUT2D eigenvalue weighted by Crippen LogP contribution is -2.64. The molecule has 0 heterocycles. The molecule has 0 aromatic carbocycles. The predicted molar refractivity (Wildman–Crippen MR) is 224 cm³/mol. The van der Waals surface area contributed by atoms with Gasteiger partial charge in [0.15, 0.2) is 0 Å². The first-order chi connectivity index (χ1) is 27.3. The molecular formula is C43H80NO12P. The highest BCUT2D eigenvalue weighted by molar-refractivity contribution is 7.47. The van der Waals surface area contributed by atoms with Crippen molar-refractivity contribution in [3.05, 3.63) is 36.5 Å². The summed E-state index contributed by atoms with van der Waals surface area (Å²) in [5, 5.41) is 74.2. The van der Waals surface area contributed by atoms with Gasteiger partial charge < -0.3 is 46.0 Å². The Morgan fingerprint density at radius 3 is 1.54 bits per heavy atom. The second kappa shape index (κ2) is 33.3. The van der Waals surface area contributed by atoms with Crippen LogP contribution in [-0.2, 0) is 18.4 Å². The van der Waals surface area contributed by atoms with Crippen LogP contribution in [0.1, 0.15) is 168 Å². The molecule has 13 nitrogen and oxygen atoms in total. The van der Waals surface area contributed by atoms with Crippen molar-refractivity contribution in [2.75, 3.05) is 6.61 Å². The van der Waals surface area contributed by atoms with E-state index in [1.165, 1.54) is 89.5 Å². The Hall–Kier alpha value is -1.48. The molecule has 0 aromatic rings. The molecule has 1 aliphatic carbocycles. The summed E-state index contributed by atoms with van der Waals surface area (Å²) in [6.45, 7) is 3.67. The molecule has 1 fully saturated rings. The SMILES string of the molecule is CCCCCCCCCC/C=C/CC/C=C/CC/C=C/C(O)C(COP(=O)(O)OC1C(O)C(O)C(O)C(O)C1O)NC(=O)CC(O)CCCCCCCCCCC. The number of carbonyl (C=O) groups excluding carboxylic acids is 1. The summed E-state index contributed by atoms with van der Waals surface area (Å²) in [4.78, 5) is 23.3. The molecule has 0 radical (unpaired) electrons. The fourth-order valence-electron chi connectivity index (χ4n) is 6.80. The maximum atomic E-state index is 12.9. The molecule has 0 bridgehead atoms. The van der Waals surface area contributed by atoms with Crippen molar-refractivity contribution in [3.8, 4) is 0 Å². The minimum atomic E-state index is -5.15. The second-order valence-corrected chi connectivity index (χ2v) is 17.1. The molecule has 8 unspecified atom stereocenters. The fraction of sp³-hybridized carbons (Fsp3) is 0.837. The van der Waals surface area contributed by atoms with Gasteiger partial charge in [0.25, 0.3) is 0 Å². The average Bonchev–Trinajstić information content (AvgIpc) is 3.18. The van der Waals surface area contributed by atoms with E-state index in [9.17, 15) is 50.0 Å². The zero-order valence-electron chi connectivity index (χ0n) is 35.0. The number of aliphatic hydroxyl groups excluding tert-OH is 7. The number of allylic oxidation sites excluding steroid dienone is 5. The van der Waals surface area contributed by atoms with E-state index in [4.69, 9.17) is 9.05 Å². The predicted octanol–water partition coefficient (Wildman–Crippen LogP) is 6.58. The maximum absolute atomic E-state index is 12.9. The Morgan fingerprint density at radius 2 is 1.04 bits per heavy atom. The summed E-state index contributed by atoms with van der Waals surface area (Å²) in [6.07, 6.45) is 22.5. The summed E-state index contributed by atoms with van der Waals surface area (Å²) in [7, 11) is -5.15. The fourth-order valence-corrected chi connectivity index (χ4v) is 7.77. The molecule has 0 aromatic heterocycles. The molecular weight excluding hydrogens is 753 g/mol. The van der Waals surface area contributed by atoms with Crippen LogP contribution < -0.4 is 5.32 Å². The molecule has 0 spiro atoms. The van der Waals surface area contributed by atoms with E-state index >= 15 is 0 Å². The van der Waals surface area contributed by atoms with Gasteiger partial charge in [-0.15, -0.1) is 0 Å². The van der Waals surface area contributed by atoms with E-state index in [0.29, 0.717) is 19.3 Å². The van der Waals surface area contributed by atoms with Crippen molar-refractivity contribution in [1.29, 1.82) is 0 Å². The van der Waals surface area contributed by atoms with E-state index in [2.05, 4.69) is 43.5 Å². The average molecular weight is 834 g/mol. The summed E-state index contributed by atoms with van der Waals surface area (Å²) in [6, 6.07) is -1.26. The van der Waals surface area contributed by atoms with Crippen LogP contribution in [0.3, 0.4) is 0 Å². The van der Waals surface area contributed by atoms with Crippen LogP contribution in [0, 0.1) is 0 Å². The number of rotatable bonds is 35. The molecule has 1 aliphatic rings. The van der Waals surface area contributed by atoms with Gasteiger partial charge in [-0.05, 0) is 44.9 Å². The van der Waals surface area contributed by atoms with Crippen molar-refractivity contribution < 1.29 is 59.0 Å². The molecule has 1 saturated carbocycles. The number of unbranched alkanes of at least 4 members (excludes halogenated alkanes) is 18. The number of aliphatic hydroxyl groups is 7. The van der Waals surface area contributed by atoms with Crippen molar-refractivity contribution in [2.24, 2.45) is 0 Å². The van der Waals surface area contributed by atoms with E-state index < -0.39 is 75.2 Å². The number of nitrogens with one attached hydrogen (secondary N) is 1. The first-order valence-electron chi connectivity index (χ1n) is 22.0. The van der Waals surface area contributed by atoms with Crippen LogP contribution in [0.25, 0.3) is 0 Å². The summed E-state index contributed by atoms with van der Waals surface area (Å²) < 4.78 is 22.8. The number of hydrogen-bond donors (Lipinski definition) is 9. The lowest BCUT2D eigenvalue weighted by molar-refractivity contribution is -0.220. The van der Waals surface area contributed by atoms with Gasteiger partial charge in [-0.3, -0.25) is 13.8 Å². The van der Waals surface area contributed by atoms with Gasteiger partial charge in [0.2, 0.25) is 5.91 Å². The summed E-state index contributed by atoms with van der Waals surface area (Å²) in [5.74, 6) is -0.610. The van der Waals surface area contributed by atoms with Gasteiger partial charge in [0.1, 0.15) is 36.6 Å². The van der Waals surface area contributed by atoms with Crippen molar-refractivity contribution >= 4 is 13.7 Å². The second-order valence-electron chi connectivity index (χ2n) is 15.7. The monoisotopic (exact) mass is 834 g/mol. The highest BCUT2D eigenvalue weighted by Gasteiger charge is 2.51. The highest BCUT2D eigenvalue weighted by atomic mass is 31.2. The number of phosphoric ester groups is 1. The molecule has 9 N–H and O–H groups in total. The van der Waals surface area contributed by atoms with E-state index in [1.54, 1.807) is 6.08 Å². The summed E-state index contributed by atoms with van der Waals surface area (Å²) >= 11 is 0. The Balaban J connectivity index is 2.62. The minimum absolute atomic E-state index is 0.255. The van der Waals surface area contributed by atoms with Crippen LogP contribution in [0.15, 0.2) is 36.5 Å². The summed E-state index contributed by atoms with van der Waals surface area (Å²) in [5.41, 5.74) is 0. The van der Waals surface area contributed by atoms with Gasteiger partial charge in [0.05, 0.1) is 31.3 Å². The van der Waals surface area contributed by atoms with Crippen molar-refractivity contribution in [3.63, 3.8) is 0 Å². The van der Waals surface area contributed by atoms with Crippen LogP contribution in [0.4, 0.5) is 0 Å². The zero-order chi connectivity index (χ0) is 42.3. The van der Waals surface area contributed by atoms with Gasteiger partial charge in [-0.25, -0.2) is 4.57 Å². The van der Waals surface area contributed by atoms with Crippen molar-refractivity contribution in [2.45, 2.75) is 223 Å². The lowest BCUT2D eigenvalue weighted by atomic mass is 9.85. The minimum Gasteiger partial charge on any atom is -0.393 e. The van der Waals surface area contributed by atoms with Crippen LogP contribution in [0.5, 0.6) is 0 Å². The van der Waals surface area contributed by atoms with Crippen molar-refractivity contribution in [1.82, 2.24) is 5.32 Å². The molecule has 1 amide bonds. The molecule has 57 heavy (non-hydrogen) atoms. The number of hydrogen-bond acceptors (Lipinski definition) is 11. The highest BCUT2D eigenvalue weighted by Crippen LogP contribution is 2.47. The van der Waals surface area contributed by atoms with Crippen LogP contribution >= 0.6 is 7.82 Å². The van der Waals surface area contributed by atoms with E-state index in [-0.39, 0.29) is 6.42 Å². The third-order valence-corrected chi connectivity index (χ3v) is 11.4. The normalized spacial score (nSPS) is 24.3. The Bertz CT molecular complexity index is 1120. The Kier molecular flexibility index (Phi) is 31.2. The van der Waals surface area contributed by atoms with Gasteiger partial charge in [-0.2, -0.15) is 0 Å². The van der Waals surface area contributed by atoms with E-state index in [1.807, 2.05) is 0 Å². The number of phosphoric acid groups is 1. The first kappa shape index (κ1) is 53.5. The van der Waals surface area contributed by atoms with Crippen LogP contribution in [0.2, 0.25) is 0 Å². The third-order valence-electron chi connectivity index (χ3n) is 10.5. The Morgan fingerprint density at radius 1 is 0.614 bits per heavy atom. The van der Waals surface area contributed by atoms with Gasteiger partial charge in [0, 0.05) is 0 Å². The molecule has 8 atom stereocenters. The third kappa shape index (κ3) is 25.7. The van der Waals surface area contributed by atoms with E-state index in [0.717, 1.165) is 44.9 Å². The first-order valence-corrected chi connectivity index (χ1v) is 23.5. The molecule has 1 rings (SSSR count). The van der Waals surface area contributed by atoms with Gasteiger partial charge in [-0.1, -0.05) is 153 Å².